The maximum Gasteiger partial charge on any atom is -0.0190 e. The molecule has 0 aliphatic carbocycles. The molecular formula is C21H32. The van der Waals surface area contributed by atoms with Gasteiger partial charge in [-0.1, -0.05) is 71.9 Å². The van der Waals surface area contributed by atoms with Gasteiger partial charge in [0, 0.05) is 0 Å². The second-order valence-electron chi connectivity index (χ2n) is 6.85. The summed E-state index contributed by atoms with van der Waals surface area (Å²) >= 11 is 0. The van der Waals surface area contributed by atoms with Crippen LogP contribution in [0.5, 0.6) is 0 Å². The molecule has 1 aromatic carbocycles. The summed E-state index contributed by atoms with van der Waals surface area (Å²) in [6.45, 7) is 17.5. The molecule has 116 valence electrons. The van der Waals surface area contributed by atoms with Gasteiger partial charge in [0.1, 0.15) is 0 Å². The Bertz CT molecular complexity index is 458. The lowest BCUT2D eigenvalue weighted by molar-refractivity contribution is 0.800. The summed E-state index contributed by atoms with van der Waals surface area (Å²) in [6, 6.07) is 4.82. The highest BCUT2D eigenvalue weighted by molar-refractivity contribution is 5.61. The molecule has 0 aromatic heterocycles. The van der Waals surface area contributed by atoms with Crippen LogP contribution in [0.15, 0.2) is 30.9 Å². The van der Waals surface area contributed by atoms with E-state index in [-0.39, 0.29) is 0 Å². The quantitative estimate of drug-likeness (QED) is 0.372. The van der Waals surface area contributed by atoms with Crippen LogP contribution in [-0.2, 0) is 0 Å². The van der Waals surface area contributed by atoms with Crippen molar-refractivity contribution in [3.05, 3.63) is 53.1 Å². The smallest absolute Gasteiger partial charge is 0.0190 e. The summed E-state index contributed by atoms with van der Waals surface area (Å²) in [5.41, 5.74) is 5.87. The Morgan fingerprint density at radius 2 is 1.38 bits per heavy atom. The highest BCUT2D eigenvalue weighted by Gasteiger charge is 2.15. The van der Waals surface area contributed by atoms with Crippen LogP contribution < -0.4 is 0 Å². The Balaban J connectivity index is 3.35. The van der Waals surface area contributed by atoms with Gasteiger partial charge in [0.15, 0.2) is 0 Å². The summed E-state index contributed by atoms with van der Waals surface area (Å²) in [6.07, 6.45) is 8.74. The van der Waals surface area contributed by atoms with Gasteiger partial charge in [0.25, 0.3) is 0 Å². The largest absolute Gasteiger partial charge is 0.103 e. The maximum absolute atomic E-state index is 3.79. The van der Waals surface area contributed by atoms with Crippen LogP contribution in [0, 0.1) is 0 Å². The zero-order chi connectivity index (χ0) is 16.0. The molecule has 0 amide bonds. The molecule has 0 saturated carbocycles. The van der Waals surface area contributed by atoms with E-state index in [4.69, 9.17) is 0 Å². The third kappa shape index (κ3) is 4.88. The molecule has 0 saturated heterocycles. The van der Waals surface area contributed by atoms with Crippen LogP contribution in [0.1, 0.15) is 94.4 Å². The fraction of sp³-hybridized carbons (Fsp3) is 0.524. The van der Waals surface area contributed by atoms with Crippen molar-refractivity contribution in [2.75, 3.05) is 0 Å². The zero-order valence-corrected chi connectivity index (χ0v) is 14.7. The van der Waals surface area contributed by atoms with E-state index >= 15 is 0 Å². The van der Waals surface area contributed by atoms with Gasteiger partial charge in [-0.3, -0.25) is 0 Å². The summed E-state index contributed by atoms with van der Waals surface area (Å²) in [5, 5.41) is 0. The Hall–Kier alpha value is -1.30. The molecule has 0 nitrogen and oxygen atoms in total. The van der Waals surface area contributed by atoms with E-state index in [1.165, 1.54) is 22.3 Å². The van der Waals surface area contributed by atoms with Gasteiger partial charge in [-0.25, -0.2) is 0 Å². The molecule has 0 fully saturated rings. The number of allylic oxidation sites excluding steroid dienone is 2. The predicted octanol–water partition coefficient (Wildman–Crippen LogP) is 7.04. The molecular weight excluding hydrogens is 252 g/mol. The molecule has 1 rings (SSSR count). The average molecular weight is 284 g/mol. The van der Waals surface area contributed by atoms with E-state index in [0.717, 1.165) is 12.8 Å². The molecule has 0 unspecified atom stereocenters. The van der Waals surface area contributed by atoms with Crippen LogP contribution in [0.25, 0.3) is 6.08 Å². The van der Waals surface area contributed by atoms with Gasteiger partial charge in [-0.15, -0.1) is 6.58 Å². The van der Waals surface area contributed by atoms with Crippen LogP contribution in [0.4, 0.5) is 0 Å². The first-order valence-electron chi connectivity index (χ1n) is 8.33. The van der Waals surface area contributed by atoms with Gasteiger partial charge in [-0.2, -0.15) is 0 Å². The van der Waals surface area contributed by atoms with Crippen LogP contribution >= 0.6 is 0 Å². The van der Waals surface area contributed by atoms with Gasteiger partial charge in [-0.05, 0) is 52.8 Å². The predicted molar refractivity (Wildman–Crippen MR) is 97.2 cm³/mol. The molecule has 0 spiro atoms. The van der Waals surface area contributed by atoms with Gasteiger partial charge in [0.2, 0.25) is 0 Å². The fourth-order valence-electron chi connectivity index (χ4n) is 2.62. The molecule has 0 atom stereocenters. The Morgan fingerprint density at radius 3 is 1.76 bits per heavy atom. The van der Waals surface area contributed by atoms with Crippen LogP contribution in [-0.4, -0.2) is 0 Å². The molecule has 0 heteroatoms. The van der Waals surface area contributed by atoms with E-state index in [1.807, 2.05) is 6.08 Å². The minimum Gasteiger partial charge on any atom is -0.103 e. The molecule has 0 aliphatic heterocycles. The lowest BCUT2D eigenvalue weighted by atomic mass is 9.84. The molecule has 0 bridgehead atoms. The average Bonchev–Trinajstić information content (AvgIpc) is 2.42. The second kappa shape index (κ2) is 8.22. The third-order valence-corrected chi connectivity index (χ3v) is 4.00. The maximum atomic E-state index is 3.79. The van der Waals surface area contributed by atoms with E-state index in [1.54, 1.807) is 0 Å². The normalized spacial score (nSPS) is 12.0. The van der Waals surface area contributed by atoms with Crippen LogP contribution in [0.2, 0.25) is 0 Å². The molecule has 0 aliphatic rings. The van der Waals surface area contributed by atoms with E-state index < -0.39 is 0 Å². The lowest BCUT2D eigenvalue weighted by Crippen LogP contribution is -2.03. The number of rotatable bonds is 7. The van der Waals surface area contributed by atoms with Crippen molar-refractivity contribution in [3.63, 3.8) is 0 Å². The molecule has 0 N–H and O–H groups in total. The molecule has 0 radical (unpaired) electrons. The molecule has 0 heterocycles. The van der Waals surface area contributed by atoms with E-state index in [9.17, 15) is 0 Å². The van der Waals surface area contributed by atoms with Crippen LogP contribution in [0.3, 0.4) is 0 Å². The second-order valence-corrected chi connectivity index (χ2v) is 6.85. The number of unbranched alkanes of at least 4 members (excludes halogenated alkanes) is 1. The minimum absolute atomic E-state index is 0.556. The number of hydrogen-bond donors (Lipinski definition) is 0. The Labute approximate surface area is 132 Å². The lowest BCUT2D eigenvalue weighted by Gasteiger charge is -2.21. The molecule has 21 heavy (non-hydrogen) atoms. The van der Waals surface area contributed by atoms with E-state index in [0.29, 0.717) is 17.8 Å². The Morgan fingerprint density at radius 1 is 0.857 bits per heavy atom. The van der Waals surface area contributed by atoms with Gasteiger partial charge in [0.05, 0.1) is 0 Å². The first-order chi connectivity index (χ1) is 9.88. The monoisotopic (exact) mass is 284 g/mol. The van der Waals surface area contributed by atoms with E-state index in [2.05, 4.69) is 72.4 Å². The summed E-state index contributed by atoms with van der Waals surface area (Å²) < 4.78 is 0. The van der Waals surface area contributed by atoms with Crippen molar-refractivity contribution in [2.24, 2.45) is 0 Å². The molecule has 1 aromatic rings. The fourth-order valence-corrected chi connectivity index (χ4v) is 2.62. The van der Waals surface area contributed by atoms with Crippen molar-refractivity contribution in [3.8, 4) is 0 Å². The van der Waals surface area contributed by atoms with Gasteiger partial charge < -0.3 is 0 Å². The Kier molecular flexibility index (Phi) is 6.95. The van der Waals surface area contributed by atoms with Crippen molar-refractivity contribution in [1.82, 2.24) is 0 Å². The SMILES string of the molecule is C=CCC/C=C/c1c(C(C)C)cc(C(C)C)cc1C(C)C. The van der Waals surface area contributed by atoms with Crippen molar-refractivity contribution < 1.29 is 0 Å². The highest BCUT2D eigenvalue weighted by atomic mass is 14.2. The highest BCUT2D eigenvalue weighted by Crippen LogP contribution is 2.33. The number of benzene rings is 1. The summed E-state index contributed by atoms with van der Waals surface area (Å²) in [7, 11) is 0. The first kappa shape index (κ1) is 17.8. The summed E-state index contributed by atoms with van der Waals surface area (Å²) in [5.74, 6) is 1.69. The van der Waals surface area contributed by atoms with Crippen molar-refractivity contribution in [2.45, 2.75) is 72.1 Å². The summed E-state index contributed by atoms with van der Waals surface area (Å²) in [4.78, 5) is 0. The first-order valence-corrected chi connectivity index (χ1v) is 8.33. The zero-order valence-electron chi connectivity index (χ0n) is 14.7. The van der Waals surface area contributed by atoms with Gasteiger partial charge >= 0.3 is 0 Å². The van der Waals surface area contributed by atoms with Crippen molar-refractivity contribution >= 4 is 6.08 Å². The van der Waals surface area contributed by atoms with Crippen molar-refractivity contribution in [1.29, 1.82) is 0 Å². The third-order valence-electron chi connectivity index (χ3n) is 4.00. The minimum atomic E-state index is 0.556. The number of hydrogen-bond acceptors (Lipinski definition) is 0. The topological polar surface area (TPSA) is 0 Å². The standard InChI is InChI=1S/C21H32/c1-8-9-10-11-12-19-20(16(4)5)13-18(15(2)3)14-21(19)17(6)7/h8,11-17H,1,9-10H2,2-7H3/b12-11+.